The molecule has 7 unspecified atom stereocenters. The molecule has 2 aliphatic heterocycles. The number of hydrogen-bond acceptors (Lipinski definition) is 12. The van der Waals surface area contributed by atoms with Gasteiger partial charge >= 0.3 is 11.9 Å². The van der Waals surface area contributed by atoms with Gasteiger partial charge < -0.3 is 38.9 Å². The Kier molecular flexibility index (Phi) is 14.9. The van der Waals surface area contributed by atoms with E-state index in [1.807, 2.05) is 13.0 Å². The van der Waals surface area contributed by atoms with Crippen LogP contribution in [0.5, 0.6) is 0 Å². The molecule has 0 bridgehead atoms. The van der Waals surface area contributed by atoms with Crippen LogP contribution < -0.4 is 0 Å². The Bertz CT molecular complexity index is 1700. The largest absolute Gasteiger partial charge is 0.459 e. The lowest BCUT2D eigenvalue weighted by Crippen LogP contribution is -2.61. The Hall–Kier alpha value is -2.48. The maximum Gasteiger partial charge on any atom is 0.305 e. The molecule has 63 heavy (non-hydrogen) atoms. The summed E-state index contributed by atoms with van der Waals surface area (Å²) in [4.78, 5) is 45.9. The molecule has 6 aliphatic carbocycles. The quantitative estimate of drug-likeness (QED) is 0.0597. The fourth-order valence-corrected chi connectivity index (χ4v) is 14.1. The first-order chi connectivity index (χ1) is 29.9. The minimum Gasteiger partial charge on any atom is -0.459 e. The molecular formula is C51H80O12. The maximum atomic E-state index is 12.0. The van der Waals surface area contributed by atoms with Crippen molar-refractivity contribution in [3.8, 4) is 0 Å². The van der Waals surface area contributed by atoms with Crippen LogP contribution in [0.4, 0.5) is 0 Å². The standard InChI is InChI=1S/C26H42O6.C25H38O6/c1-6-8-16(3)31-32-18-9-11-25(4)17(13-18)14-20(27)23-19(25)10-12-26(5)21(15-29-24(23)26)30-22(28)7-2;1-6-7-15(2)30-31-18-8-10-24(4)17(12-18)13-20(27)22-19(24)9-11-25(5)21(29-16(3)26)14-28-23(22)25/h17-21,23-24,27H,3,6-15H2,1-2,4-5H3;13,18-23,27H,2,6-12,14H2,1,3-5H3/t17?,18-,19?,20-,21-,23?,24?,25-,26+;18-,19?,20-,21-,22?,23?,24-,25+/m00/s1. The number of rotatable bonds is 13. The Morgan fingerprint density at radius 2 is 1.29 bits per heavy atom. The molecule has 12 heteroatoms. The lowest BCUT2D eigenvalue weighted by atomic mass is 9.45. The summed E-state index contributed by atoms with van der Waals surface area (Å²) in [7, 11) is 0. The van der Waals surface area contributed by atoms with E-state index in [0.717, 1.165) is 96.3 Å². The van der Waals surface area contributed by atoms with Gasteiger partial charge in [0.2, 0.25) is 0 Å². The highest BCUT2D eigenvalue weighted by molar-refractivity contribution is 5.69. The van der Waals surface area contributed by atoms with Crippen molar-refractivity contribution >= 4 is 11.9 Å². The van der Waals surface area contributed by atoms with E-state index in [0.29, 0.717) is 48.9 Å². The Labute approximate surface area is 377 Å². The lowest BCUT2D eigenvalue weighted by Gasteiger charge is -2.61. The van der Waals surface area contributed by atoms with Gasteiger partial charge in [0, 0.05) is 48.9 Å². The molecular weight excluding hydrogens is 805 g/mol. The molecule has 8 aliphatic rings. The van der Waals surface area contributed by atoms with E-state index in [2.05, 4.69) is 54.7 Å². The number of ether oxygens (including phenoxy) is 4. The summed E-state index contributed by atoms with van der Waals surface area (Å²) in [5.74, 6) is 2.19. The maximum absolute atomic E-state index is 12.0. The van der Waals surface area contributed by atoms with E-state index in [1.54, 1.807) is 0 Å². The molecule has 0 aromatic heterocycles. The number of allylic oxidation sites excluding steroid dienone is 2. The lowest BCUT2D eigenvalue weighted by molar-refractivity contribution is -0.313. The molecule has 0 aromatic rings. The third-order valence-electron chi connectivity index (χ3n) is 17.8. The summed E-state index contributed by atoms with van der Waals surface area (Å²) in [5.41, 5.74) is 0.995. The predicted octanol–water partition coefficient (Wildman–Crippen LogP) is 9.41. The second kappa shape index (κ2) is 19.4. The smallest absolute Gasteiger partial charge is 0.305 e. The van der Waals surface area contributed by atoms with Gasteiger partial charge in [-0.2, -0.15) is 9.78 Å². The molecule has 0 amide bonds. The van der Waals surface area contributed by atoms with Crippen molar-refractivity contribution < 1.29 is 58.3 Å². The zero-order valence-electron chi connectivity index (χ0n) is 39.7. The van der Waals surface area contributed by atoms with Crippen molar-refractivity contribution in [2.45, 2.75) is 207 Å². The van der Waals surface area contributed by atoms with Crippen LogP contribution in [0, 0.1) is 51.2 Å². The van der Waals surface area contributed by atoms with Crippen LogP contribution in [0.1, 0.15) is 158 Å². The minimum atomic E-state index is -0.566. The Balaban J connectivity index is 0.000000189. The van der Waals surface area contributed by atoms with Gasteiger partial charge in [-0.25, -0.2) is 0 Å². The summed E-state index contributed by atoms with van der Waals surface area (Å²) in [6.07, 6.45) is 14.8. The molecule has 2 N–H and O–H groups in total. The Morgan fingerprint density at radius 3 is 1.89 bits per heavy atom. The highest BCUT2D eigenvalue weighted by atomic mass is 17.2. The van der Waals surface area contributed by atoms with Gasteiger partial charge in [-0.3, -0.25) is 9.59 Å². The average molecular weight is 885 g/mol. The van der Waals surface area contributed by atoms with E-state index in [4.69, 9.17) is 38.5 Å². The van der Waals surface area contributed by atoms with E-state index in [1.165, 1.54) is 12.5 Å². The first kappa shape index (κ1) is 48.5. The normalized spacial score (nSPS) is 44.6. The summed E-state index contributed by atoms with van der Waals surface area (Å²) < 4.78 is 23.9. The number of hydrogen-bond donors (Lipinski definition) is 2. The van der Waals surface area contributed by atoms with Crippen LogP contribution >= 0.6 is 0 Å². The van der Waals surface area contributed by atoms with Gasteiger partial charge in [0.15, 0.2) is 0 Å². The van der Waals surface area contributed by atoms with Gasteiger partial charge in [-0.1, -0.05) is 73.3 Å². The van der Waals surface area contributed by atoms with Crippen molar-refractivity contribution in [2.24, 2.45) is 51.2 Å². The van der Waals surface area contributed by atoms with Gasteiger partial charge in [0.25, 0.3) is 0 Å². The third-order valence-corrected chi connectivity index (χ3v) is 17.8. The van der Waals surface area contributed by atoms with Crippen molar-refractivity contribution in [2.75, 3.05) is 13.2 Å². The average Bonchev–Trinajstić information content (AvgIpc) is 3.75. The molecule has 7 fully saturated rings. The number of aliphatic hydroxyl groups is 2. The van der Waals surface area contributed by atoms with Gasteiger partial charge in [-0.05, 0) is 112 Å². The first-order valence-corrected chi connectivity index (χ1v) is 24.6. The predicted molar refractivity (Wildman–Crippen MR) is 236 cm³/mol. The SMILES string of the molecule is C=C(CCC)OO[C@H]1CC[C@@]2(C)C(=C[C@H](O)C3C2CC[C@@]2(C)C3OC[C@@H]2OC(C)=O)C1.C=C(CCC)OO[C@H]1CC[C@@]2(C)C(C1)C[C@H](O)C1C2CC[C@@]2(C)C1OC[C@@H]2OC(=O)CC. The van der Waals surface area contributed by atoms with Crippen LogP contribution in [0.3, 0.4) is 0 Å². The highest BCUT2D eigenvalue weighted by Crippen LogP contribution is 2.65. The number of carbonyl (C=O) groups excluding carboxylic acids is 2. The van der Waals surface area contributed by atoms with Crippen molar-refractivity contribution in [1.29, 1.82) is 0 Å². The second-order valence-corrected chi connectivity index (χ2v) is 21.7. The van der Waals surface area contributed by atoms with E-state index >= 15 is 0 Å². The molecule has 8 rings (SSSR count). The fraction of sp³-hybridized carbons (Fsp3) is 0.843. The number of esters is 2. The topological polar surface area (TPSA) is 148 Å². The number of carbonyl (C=O) groups is 2. The van der Waals surface area contributed by atoms with Gasteiger partial charge in [-0.15, -0.1) is 0 Å². The highest BCUT2D eigenvalue weighted by Gasteiger charge is 2.65. The van der Waals surface area contributed by atoms with Crippen molar-refractivity contribution in [3.63, 3.8) is 0 Å². The van der Waals surface area contributed by atoms with Crippen LogP contribution in [0.15, 0.2) is 36.3 Å². The second-order valence-electron chi connectivity index (χ2n) is 21.7. The van der Waals surface area contributed by atoms with Crippen molar-refractivity contribution in [3.05, 3.63) is 36.3 Å². The summed E-state index contributed by atoms with van der Waals surface area (Å²) >= 11 is 0. The van der Waals surface area contributed by atoms with Crippen LogP contribution in [0.2, 0.25) is 0 Å². The molecule has 356 valence electrons. The first-order valence-electron chi connectivity index (χ1n) is 24.6. The molecule has 2 heterocycles. The van der Waals surface area contributed by atoms with Crippen LogP contribution in [-0.2, 0) is 48.1 Å². The van der Waals surface area contributed by atoms with Gasteiger partial charge in [0.1, 0.15) is 35.9 Å². The summed E-state index contributed by atoms with van der Waals surface area (Å²) in [6, 6.07) is 0. The molecule has 2 saturated heterocycles. The third kappa shape index (κ3) is 9.30. The molecule has 0 spiro atoms. The molecule has 0 aromatic carbocycles. The summed E-state index contributed by atoms with van der Waals surface area (Å²) in [5, 5.41) is 22.5. The molecule has 5 saturated carbocycles. The summed E-state index contributed by atoms with van der Waals surface area (Å²) in [6.45, 7) is 25.3. The van der Waals surface area contributed by atoms with E-state index in [9.17, 15) is 19.8 Å². The molecule has 0 radical (unpaired) electrons. The fourth-order valence-electron chi connectivity index (χ4n) is 14.1. The monoisotopic (exact) mass is 885 g/mol. The zero-order chi connectivity index (χ0) is 45.5. The van der Waals surface area contributed by atoms with Crippen molar-refractivity contribution in [1.82, 2.24) is 0 Å². The number of fused-ring (bicyclic) bond motifs is 10. The number of aliphatic hydroxyl groups excluding tert-OH is 2. The van der Waals surface area contributed by atoms with Crippen LogP contribution in [-0.4, -0.2) is 84.2 Å². The molecule has 17 atom stereocenters. The van der Waals surface area contributed by atoms with Crippen LogP contribution in [0.25, 0.3) is 0 Å². The Morgan fingerprint density at radius 1 is 0.730 bits per heavy atom. The van der Waals surface area contributed by atoms with E-state index < -0.39 is 12.2 Å². The zero-order valence-corrected chi connectivity index (χ0v) is 39.7. The van der Waals surface area contributed by atoms with E-state index in [-0.39, 0.29) is 82.1 Å². The van der Waals surface area contributed by atoms with Gasteiger partial charge in [0.05, 0.1) is 37.6 Å². The molecule has 12 nitrogen and oxygen atoms in total. The minimum absolute atomic E-state index is 0.0124.